The fourth-order valence-corrected chi connectivity index (χ4v) is 2.58. The van der Waals surface area contributed by atoms with Crippen LogP contribution in [0, 0.1) is 4.64 Å². The Morgan fingerprint density at radius 1 is 1.53 bits per heavy atom. The summed E-state index contributed by atoms with van der Waals surface area (Å²) in [6.07, 6.45) is 0. The number of rotatable bonds is 2. The molecule has 90 valence electrons. The van der Waals surface area contributed by atoms with Crippen LogP contribution in [0.2, 0.25) is 0 Å². The largest absolute Gasteiger partial charge is 0.392 e. The molecule has 0 fully saturated rings. The Morgan fingerprint density at radius 2 is 2.24 bits per heavy atom. The normalized spacial score (nSPS) is 11.0. The molecule has 2 N–H and O–H groups in total. The molecule has 0 radical (unpaired) electrons. The van der Waals surface area contributed by atoms with Crippen LogP contribution >= 0.6 is 28.1 Å². The van der Waals surface area contributed by atoms with Gasteiger partial charge in [-0.3, -0.25) is 4.57 Å². The van der Waals surface area contributed by atoms with E-state index in [4.69, 9.17) is 17.3 Å². The minimum absolute atomic E-state index is 0.0893. The van der Waals surface area contributed by atoms with E-state index in [9.17, 15) is 4.79 Å². The molecule has 4 nitrogen and oxygen atoms in total. The number of aliphatic hydroxyl groups excluding tert-OH is 1. The van der Waals surface area contributed by atoms with Crippen LogP contribution in [0.25, 0.3) is 10.9 Å². The number of aromatic nitrogens is 2. The first-order valence-corrected chi connectivity index (χ1v) is 6.34. The summed E-state index contributed by atoms with van der Waals surface area (Å²) < 4.78 is 2.80. The van der Waals surface area contributed by atoms with Crippen molar-refractivity contribution in [3.63, 3.8) is 0 Å². The smallest absolute Gasteiger partial charge is 0.326 e. The van der Waals surface area contributed by atoms with Gasteiger partial charge in [0.2, 0.25) is 0 Å². The fraction of sp³-hybridized carbons (Fsp3) is 0.273. The Labute approximate surface area is 111 Å². The lowest BCUT2D eigenvalue weighted by molar-refractivity contribution is 0.281. The molecule has 0 spiro atoms. The van der Waals surface area contributed by atoms with E-state index in [1.165, 1.54) is 4.57 Å². The highest BCUT2D eigenvalue weighted by Gasteiger charge is 2.07. The van der Waals surface area contributed by atoms with Crippen LogP contribution in [0.3, 0.4) is 0 Å². The molecule has 6 heteroatoms. The molecule has 1 aromatic heterocycles. The highest BCUT2D eigenvalue weighted by atomic mass is 79.9. The van der Waals surface area contributed by atoms with Gasteiger partial charge in [-0.25, -0.2) is 4.79 Å². The molecule has 0 bridgehead atoms. The highest BCUT2D eigenvalue weighted by Crippen LogP contribution is 2.23. The zero-order valence-electron chi connectivity index (χ0n) is 9.16. The first-order valence-electron chi connectivity index (χ1n) is 5.14. The van der Waals surface area contributed by atoms with E-state index >= 15 is 0 Å². The maximum Gasteiger partial charge on any atom is 0.326 e. The highest BCUT2D eigenvalue weighted by molar-refractivity contribution is 9.10. The van der Waals surface area contributed by atoms with Gasteiger partial charge in [0.05, 0.1) is 12.1 Å². The lowest BCUT2D eigenvalue weighted by Crippen LogP contribution is -2.22. The van der Waals surface area contributed by atoms with Crippen molar-refractivity contribution >= 4 is 39.1 Å². The van der Waals surface area contributed by atoms with Crippen molar-refractivity contribution in [1.82, 2.24) is 9.55 Å². The summed E-state index contributed by atoms with van der Waals surface area (Å²) in [6.45, 7) is 2.31. The molecule has 0 aliphatic heterocycles. The van der Waals surface area contributed by atoms with Crippen LogP contribution in [0.4, 0.5) is 0 Å². The van der Waals surface area contributed by atoms with Crippen LogP contribution in [-0.4, -0.2) is 14.7 Å². The van der Waals surface area contributed by atoms with Crippen molar-refractivity contribution in [3.8, 4) is 0 Å². The van der Waals surface area contributed by atoms with Gasteiger partial charge in [-0.1, -0.05) is 28.1 Å². The van der Waals surface area contributed by atoms with Crippen molar-refractivity contribution in [2.45, 2.75) is 20.1 Å². The summed E-state index contributed by atoms with van der Waals surface area (Å²) in [5.74, 6) is 0. The number of halogens is 1. The summed E-state index contributed by atoms with van der Waals surface area (Å²) in [7, 11) is 0. The lowest BCUT2D eigenvalue weighted by Gasteiger charge is -2.08. The van der Waals surface area contributed by atoms with E-state index in [1.807, 2.05) is 13.0 Å². The summed E-state index contributed by atoms with van der Waals surface area (Å²) in [4.78, 5) is 14.5. The maximum absolute atomic E-state index is 11.7. The van der Waals surface area contributed by atoms with E-state index in [2.05, 4.69) is 20.9 Å². The van der Waals surface area contributed by atoms with E-state index < -0.39 is 0 Å². The maximum atomic E-state index is 11.7. The minimum Gasteiger partial charge on any atom is -0.392 e. The summed E-state index contributed by atoms with van der Waals surface area (Å²) in [5, 5.41) is 9.96. The van der Waals surface area contributed by atoms with E-state index in [0.717, 1.165) is 15.4 Å². The average Bonchev–Trinajstić information content (AvgIpc) is 2.30. The van der Waals surface area contributed by atoms with Gasteiger partial charge in [-0.15, -0.1) is 0 Å². The molecule has 1 heterocycles. The Kier molecular flexibility index (Phi) is 3.46. The van der Waals surface area contributed by atoms with Crippen molar-refractivity contribution in [2.24, 2.45) is 0 Å². The third kappa shape index (κ3) is 2.08. The molecule has 17 heavy (non-hydrogen) atoms. The fourth-order valence-electron chi connectivity index (χ4n) is 1.73. The predicted octanol–water partition coefficient (Wildman–Crippen LogP) is 2.33. The molecule has 0 saturated carbocycles. The number of nitrogens with zero attached hydrogens (tertiary/aromatic N) is 1. The van der Waals surface area contributed by atoms with Crippen LogP contribution < -0.4 is 5.69 Å². The number of aromatic amines is 1. The summed E-state index contributed by atoms with van der Waals surface area (Å²) >= 11 is 8.65. The van der Waals surface area contributed by atoms with Crippen molar-refractivity contribution in [2.75, 3.05) is 0 Å². The zero-order chi connectivity index (χ0) is 12.6. The second-order valence-corrected chi connectivity index (χ2v) is 4.87. The summed E-state index contributed by atoms with van der Waals surface area (Å²) in [6, 6.07) is 3.56. The number of nitrogens with one attached hydrogen (secondary N) is 1. The molecule has 2 aromatic rings. The van der Waals surface area contributed by atoms with Gasteiger partial charge in [0.25, 0.3) is 0 Å². The van der Waals surface area contributed by atoms with Crippen molar-refractivity contribution in [3.05, 3.63) is 37.3 Å². The van der Waals surface area contributed by atoms with Crippen LogP contribution in [0.15, 0.2) is 21.4 Å². The molecule has 2 rings (SSSR count). The molecule has 1 aromatic carbocycles. The minimum atomic E-state index is -0.226. The third-order valence-electron chi connectivity index (χ3n) is 2.64. The Morgan fingerprint density at radius 3 is 2.82 bits per heavy atom. The topological polar surface area (TPSA) is 58.0 Å². The third-order valence-corrected chi connectivity index (χ3v) is 3.81. The van der Waals surface area contributed by atoms with Crippen LogP contribution in [-0.2, 0) is 13.2 Å². The Bertz CT molecular complexity index is 690. The van der Waals surface area contributed by atoms with E-state index in [1.54, 1.807) is 6.07 Å². The number of hydrogen-bond donors (Lipinski definition) is 2. The Balaban J connectivity index is 2.93. The monoisotopic (exact) mass is 314 g/mol. The van der Waals surface area contributed by atoms with Gasteiger partial charge >= 0.3 is 5.69 Å². The number of benzene rings is 1. The predicted molar refractivity (Wildman–Crippen MR) is 72.7 cm³/mol. The second kappa shape index (κ2) is 4.72. The van der Waals surface area contributed by atoms with Gasteiger partial charge in [0.15, 0.2) is 0 Å². The molecule has 0 unspecified atom stereocenters. The van der Waals surface area contributed by atoms with Gasteiger partial charge in [-0.05, 0) is 24.6 Å². The SMILES string of the molecule is CCn1c(=O)[nH]c2cc(CO)c(Br)cc2c1=S. The number of H-pyrrole nitrogens is 1. The van der Waals surface area contributed by atoms with E-state index in [0.29, 0.717) is 16.7 Å². The molecule has 0 amide bonds. The molecule has 0 atom stereocenters. The molecule has 0 saturated heterocycles. The Hall–Kier alpha value is -0.980. The first-order chi connectivity index (χ1) is 8.08. The average molecular weight is 315 g/mol. The number of fused-ring (bicyclic) bond motifs is 1. The van der Waals surface area contributed by atoms with Crippen molar-refractivity contribution in [1.29, 1.82) is 0 Å². The molecular weight excluding hydrogens is 304 g/mol. The molecule has 0 aliphatic rings. The van der Waals surface area contributed by atoms with E-state index in [-0.39, 0.29) is 12.3 Å². The standard InChI is InChI=1S/C11H11BrN2O2S/c1-2-14-10(17)7-4-8(12)6(5-15)3-9(7)13-11(14)16/h3-4,15H,2,5H2,1H3,(H,13,16). The summed E-state index contributed by atoms with van der Waals surface area (Å²) in [5.41, 5.74) is 1.14. The number of aliphatic hydroxyl groups is 1. The van der Waals surface area contributed by atoms with Gasteiger partial charge in [-0.2, -0.15) is 0 Å². The van der Waals surface area contributed by atoms with Gasteiger partial charge < -0.3 is 10.1 Å². The van der Waals surface area contributed by atoms with Crippen LogP contribution in [0.1, 0.15) is 12.5 Å². The quantitative estimate of drug-likeness (QED) is 0.836. The second-order valence-electron chi connectivity index (χ2n) is 3.63. The van der Waals surface area contributed by atoms with Gasteiger partial charge in [0, 0.05) is 16.4 Å². The number of hydrogen-bond acceptors (Lipinski definition) is 3. The zero-order valence-corrected chi connectivity index (χ0v) is 11.6. The first kappa shape index (κ1) is 12.5. The van der Waals surface area contributed by atoms with Gasteiger partial charge in [0.1, 0.15) is 4.64 Å². The molecular formula is C11H11BrN2O2S. The molecule has 0 aliphatic carbocycles. The van der Waals surface area contributed by atoms with Crippen LogP contribution in [0.5, 0.6) is 0 Å². The van der Waals surface area contributed by atoms with Crippen molar-refractivity contribution < 1.29 is 5.11 Å². The lowest BCUT2D eigenvalue weighted by atomic mass is 10.1.